The van der Waals surface area contributed by atoms with Gasteiger partial charge in [-0.05, 0) is 30.9 Å². The zero-order chi connectivity index (χ0) is 21.1. The van der Waals surface area contributed by atoms with Crippen molar-refractivity contribution in [2.45, 2.75) is 50.4 Å². The molecule has 6 heteroatoms. The molecule has 2 aromatic rings. The van der Waals surface area contributed by atoms with E-state index in [0.29, 0.717) is 12.8 Å². The summed E-state index contributed by atoms with van der Waals surface area (Å²) in [7, 11) is 0. The molecule has 2 aromatic carbocycles. The molecular formula is C24H28N2O4. The fraction of sp³-hybridized carbons (Fsp3) is 0.417. The number of β-amino-alcohol motifs (C(OH)–C–C–N with tert-alkyl or cyclic N) is 1. The fourth-order valence-corrected chi connectivity index (χ4v) is 4.38. The molecule has 0 bridgehead atoms. The van der Waals surface area contributed by atoms with E-state index in [-0.39, 0.29) is 25.2 Å². The van der Waals surface area contributed by atoms with E-state index in [1.54, 1.807) is 0 Å². The molecule has 0 unspecified atom stereocenters. The monoisotopic (exact) mass is 408 g/mol. The summed E-state index contributed by atoms with van der Waals surface area (Å²) < 4.78 is 6.09. The first kappa shape index (κ1) is 20.6. The molecule has 3 amide bonds. The third-order valence-electron chi connectivity index (χ3n) is 6.03. The first-order valence-corrected chi connectivity index (χ1v) is 10.5. The summed E-state index contributed by atoms with van der Waals surface area (Å²) >= 11 is 0. The molecule has 1 aliphatic carbocycles. The van der Waals surface area contributed by atoms with Crippen molar-refractivity contribution in [1.82, 2.24) is 10.2 Å². The number of carbonyl (C=O) groups excluding carboxylic acids is 2. The molecule has 0 radical (unpaired) electrons. The molecule has 4 rings (SSSR count). The number of hydrogen-bond donors (Lipinski definition) is 2. The molecule has 1 saturated heterocycles. The van der Waals surface area contributed by atoms with Crippen LogP contribution < -0.4 is 5.32 Å². The summed E-state index contributed by atoms with van der Waals surface area (Å²) in [6, 6.07) is 17.5. The minimum absolute atomic E-state index is 0.0114. The van der Waals surface area contributed by atoms with Gasteiger partial charge in [0.05, 0.1) is 19.3 Å². The lowest BCUT2D eigenvalue weighted by Gasteiger charge is -2.24. The molecule has 1 aliphatic heterocycles. The molecule has 2 aliphatic rings. The lowest BCUT2D eigenvalue weighted by molar-refractivity contribution is -0.132. The van der Waals surface area contributed by atoms with Crippen molar-refractivity contribution in [3.05, 3.63) is 71.3 Å². The lowest BCUT2D eigenvalue weighted by Crippen LogP contribution is -2.45. The summed E-state index contributed by atoms with van der Waals surface area (Å²) in [5, 5.41) is 13.4. The van der Waals surface area contributed by atoms with Gasteiger partial charge in [0.2, 0.25) is 0 Å². The van der Waals surface area contributed by atoms with E-state index in [9.17, 15) is 14.7 Å². The van der Waals surface area contributed by atoms with Crippen LogP contribution in [0.1, 0.15) is 48.5 Å². The van der Waals surface area contributed by atoms with Crippen molar-refractivity contribution in [2.24, 2.45) is 0 Å². The maximum absolute atomic E-state index is 12.8. The Morgan fingerprint density at radius 1 is 1.03 bits per heavy atom. The van der Waals surface area contributed by atoms with E-state index in [1.807, 2.05) is 61.5 Å². The van der Waals surface area contributed by atoms with Gasteiger partial charge in [-0.25, -0.2) is 4.79 Å². The van der Waals surface area contributed by atoms with Crippen LogP contribution in [0.15, 0.2) is 54.6 Å². The number of nitrogens with one attached hydrogen (secondary N) is 1. The number of aliphatic hydroxyl groups excluding tert-OH is 1. The van der Waals surface area contributed by atoms with E-state index < -0.39 is 17.7 Å². The van der Waals surface area contributed by atoms with E-state index >= 15 is 0 Å². The summed E-state index contributed by atoms with van der Waals surface area (Å²) in [5.74, 6) is -0.220. The molecule has 2 fully saturated rings. The number of amides is 3. The fourth-order valence-electron chi connectivity index (χ4n) is 4.38. The Hall–Kier alpha value is -2.70. The molecule has 158 valence electrons. The first-order chi connectivity index (χ1) is 14.5. The summed E-state index contributed by atoms with van der Waals surface area (Å²) in [6.45, 7) is 1.97. The van der Waals surface area contributed by atoms with Crippen LogP contribution in [-0.2, 0) is 9.53 Å². The van der Waals surface area contributed by atoms with Crippen molar-refractivity contribution in [3.8, 4) is 0 Å². The van der Waals surface area contributed by atoms with E-state index in [0.717, 1.165) is 34.4 Å². The molecule has 2 N–H and O–H groups in total. The van der Waals surface area contributed by atoms with Crippen molar-refractivity contribution < 1.29 is 19.4 Å². The highest BCUT2D eigenvalue weighted by Gasteiger charge is 2.52. The molecule has 1 heterocycles. The number of benzene rings is 2. The van der Waals surface area contributed by atoms with Crippen molar-refractivity contribution in [1.29, 1.82) is 0 Å². The summed E-state index contributed by atoms with van der Waals surface area (Å²) in [4.78, 5) is 26.3. The van der Waals surface area contributed by atoms with Crippen LogP contribution in [0.25, 0.3) is 0 Å². The highest BCUT2D eigenvalue weighted by atomic mass is 16.5. The Bertz CT molecular complexity index is 891. The van der Waals surface area contributed by atoms with Gasteiger partial charge in [0, 0.05) is 0 Å². The maximum atomic E-state index is 12.8. The Labute approximate surface area is 176 Å². The van der Waals surface area contributed by atoms with E-state index in [4.69, 9.17) is 4.74 Å². The molecule has 1 spiro atoms. The molecule has 1 saturated carbocycles. The zero-order valence-corrected chi connectivity index (χ0v) is 17.2. The minimum Gasteiger partial charge on any atom is -0.389 e. The Kier molecular flexibility index (Phi) is 5.88. The second-order valence-corrected chi connectivity index (χ2v) is 8.32. The topological polar surface area (TPSA) is 78.9 Å². The van der Waals surface area contributed by atoms with Crippen molar-refractivity contribution in [3.63, 3.8) is 0 Å². The Morgan fingerprint density at radius 3 is 2.33 bits per heavy atom. The third-order valence-corrected chi connectivity index (χ3v) is 6.03. The number of hydrogen-bond acceptors (Lipinski definition) is 4. The van der Waals surface area contributed by atoms with Gasteiger partial charge < -0.3 is 15.2 Å². The molecule has 30 heavy (non-hydrogen) atoms. The highest BCUT2D eigenvalue weighted by Crippen LogP contribution is 2.35. The van der Waals surface area contributed by atoms with Gasteiger partial charge in [-0.1, -0.05) is 73.0 Å². The van der Waals surface area contributed by atoms with Gasteiger partial charge >= 0.3 is 6.03 Å². The quantitative estimate of drug-likeness (QED) is 0.689. The SMILES string of the molecule is Cc1ccc([C@H](OC[C@@H](O)CN2C(=O)NC3(CCCC3)C2=O)c2ccccc2)cc1. The van der Waals surface area contributed by atoms with Crippen molar-refractivity contribution >= 4 is 11.9 Å². The number of ether oxygens (including phenoxy) is 1. The van der Waals surface area contributed by atoms with E-state index in [2.05, 4.69) is 5.32 Å². The highest BCUT2D eigenvalue weighted by molar-refractivity contribution is 6.07. The molecule has 6 nitrogen and oxygen atoms in total. The predicted octanol–water partition coefficient (Wildman–Crippen LogP) is 3.33. The predicted molar refractivity (Wildman–Crippen MR) is 113 cm³/mol. The molecule has 0 aromatic heterocycles. The average molecular weight is 408 g/mol. The maximum Gasteiger partial charge on any atom is 0.325 e. The first-order valence-electron chi connectivity index (χ1n) is 10.5. The van der Waals surface area contributed by atoms with Crippen molar-refractivity contribution in [2.75, 3.05) is 13.2 Å². The number of rotatable bonds is 7. The summed E-state index contributed by atoms with van der Waals surface area (Å²) in [5.41, 5.74) is 2.36. The average Bonchev–Trinajstić information content (AvgIpc) is 3.31. The largest absolute Gasteiger partial charge is 0.389 e. The molecule has 2 atom stereocenters. The lowest BCUT2D eigenvalue weighted by atomic mass is 9.98. The van der Waals surface area contributed by atoms with Gasteiger partial charge in [0.25, 0.3) is 5.91 Å². The smallest absolute Gasteiger partial charge is 0.325 e. The number of imide groups is 1. The number of urea groups is 1. The molecular weight excluding hydrogens is 380 g/mol. The van der Waals surface area contributed by atoms with Gasteiger partial charge in [0.15, 0.2) is 0 Å². The third kappa shape index (κ3) is 4.11. The van der Waals surface area contributed by atoms with Gasteiger partial charge in [-0.2, -0.15) is 0 Å². The van der Waals surface area contributed by atoms with Crippen LogP contribution in [-0.4, -0.2) is 46.7 Å². The van der Waals surface area contributed by atoms with Crippen LogP contribution in [0.5, 0.6) is 0 Å². The van der Waals surface area contributed by atoms with E-state index in [1.165, 1.54) is 0 Å². The van der Waals surface area contributed by atoms with Gasteiger partial charge in [-0.15, -0.1) is 0 Å². The number of nitrogens with zero attached hydrogens (tertiary/aromatic N) is 1. The van der Waals surface area contributed by atoms with Crippen LogP contribution in [0.2, 0.25) is 0 Å². The van der Waals surface area contributed by atoms with Gasteiger partial charge in [-0.3, -0.25) is 9.69 Å². The number of aliphatic hydroxyl groups is 1. The Morgan fingerprint density at radius 2 is 1.67 bits per heavy atom. The number of aryl methyl sites for hydroxylation is 1. The number of carbonyl (C=O) groups is 2. The van der Waals surface area contributed by atoms with Gasteiger partial charge in [0.1, 0.15) is 11.6 Å². The second kappa shape index (κ2) is 8.58. The summed E-state index contributed by atoms with van der Waals surface area (Å²) in [6.07, 6.45) is 1.90. The van der Waals surface area contributed by atoms with Crippen LogP contribution in [0.3, 0.4) is 0 Å². The second-order valence-electron chi connectivity index (χ2n) is 8.32. The Balaban J connectivity index is 1.43. The normalized spacial score (nSPS) is 19.9. The minimum atomic E-state index is -0.965. The van der Waals surface area contributed by atoms with Crippen LogP contribution in [0.4, 0.5) is 4.79 Å². The standard InChI is InChI=1S/C24H28N2O4/c1-17-9-11-19(12-10-17)21(18-7-3-2-4-8-18)30-16-20(27)15-26-22(28)24(25-23(26)29)13-5-6-14-24/h2-4,7-12,20-21,27H,5-6,13-16H2,1H3,(H,25,29)/t20-,21+/m0/s1. The zero-order valence-electron chi connectivity index (χ0n) is 17.2. The van der Waals surface area contributed by atoms with Crippen LogP contribution in [0, 0.1) is 6.92 Å². The van der Waals surface area contributed by atoms with Crippen LogP contribution >= 0.6 is 0 Å².